The first-order valence-electron chi connectivity index (χ1n) is 9.20. The average molecular weight is 492 g/mol. The largest absolute Gasteiger partial charge is 0.463 e. The maximum Gasteiger partial charge on any atom is 0.337 e. The highest BCUT2D eigenvalue weighted by molar-refractivity contribution is 9.10. The van der Waals surface area contributed by atoms with Crippen LogP contribution >= 0.6 is 27.3 Å². The van der Waals surface area contributed by atoms with Crippen LogP contribution in [0.1, 0.15) is 11.9 Å². The highest BCUT2D eigenvalue weighted by Gasteiger charge is 2.33. The first-order chi connectivity index (χ1) is 14.5. The van der Waals surface area contributed by atoms with E-state index in [1.54, 1.807) is 30.2 Å². The summed E-state index contributed by atoms with van der Waals surface area (Å²) in [6.07, 6.45) is 3.88. The van der Waals surface area contributed by atoms with E-state index < -0.39 is 0 Å². The first kappa shape index (κ1) is 21.9. The number of halogens is 2. The Balaban J connectivity index is 0.000000269. The molecule has 0 amide bonds. The molecule has 0 atom stereocenters. The summed E-state index contributed by atoms with van der Waals surface area (Å²) < 4.78 is 18.0. The number of carbonyl (C=O) groups excluding carboxylic acids is 1. The van der Waals surface area contributed by atoms with Crippen LogP contribution in [0.15, 0.2) is 56.6 Å². The molecule has 2 aliphatic heterocycles. The van der Waals surface area contributed by atoms with E-state index in [0.29, 0.717) is 31.8 Å². The lowest BCUT2D eigenvalue weighted by Crippen LogP contribution is -2.48. The average Bonchev–Trinajstić information content (AvgIpc) is 3.27. The number of piperazine rings is 1. The minimum absolute atomic E-state index is 0.209. The van der Waals surface area contributed by atoms with E-state index in [2.05, 4.69) is 32.1 Å². The van der Waals surface area contributed by atoms with E-state index in [-0.39, 0.29) is 18.3 Å². The normalized spacial score (nSPS) is 15.5. The molecule has 0 saturated carbocycles. The predicted molar refractivity (Wildman–Crippen MR) is 115 cm³/mol. The molecule has 1 aromatic carbocycles. The molecule has 156 valence electrons. The molecular weight excluding hydrogens is 473 g/mol. The van der Waals surface area contributed by atoms with E-state index in [4.69, 9.17) is 10.00 Å². The summed E-state index contributed by atoms with van der Waals surface area (Å²) >= 11 is 4.63. The lowest BCUT2D eigenvalue weighted by atomic mass is 10.1. The Morgan fingerprint density at radius 2 is 2.27 bits per heavy atom. The van der Waals surface area contributed by atoms with Crippen molar-refractivity contribution in [3.63, 3.8) is 0 Å². The molecule has 2 aliphatic rings. The summed E-state index contributed by atoms with van der Waals surface area (Å²) in [5.41, 5.74) is 1.33. The zero-order valence-corrected chi connectivity index (χ0v) is 18.6. The molecule has 30 heavy (non-hydrogen) atoms. The highest BCUT2D eigenvalue weighted by Crippen LogP contribution is 2.26. The van der Waals surface area contributed by atoms with Gasteiger partial charge >= 0.3 is 5.97 Å². The summed E-state index contributed by atoms with van der Waals surface area (Å²) in [6.45, 7) is 3.95. The van der Waals surface area contributed by atoms with Crippen molar-refractivity contribution in [2.75, 3.05) is 32.8 Å². The van der Waals surface area contributed by atoms with Crippen molar-refractivity contribution in [3.8, 4) is 6.19 Å². The summed E-state index contributed by atoms with van der Waals surface area (Å²) in [6, 6.07) is 6.26. The summed E-state index contributed by atoms with van der Waals surface area (Å²) in [7, 11) is 0. The van der Waals surface area contributed by atoms with Gasteiger partial charge in [0, 0.05) is 29.1 Å². The molecule has 0 unspecified atom stereocenters. The number of amidine groups is 1. The number of thiazole rings is 1. The molecule has 4 rings (SSSR count). The van der Waals surface area contributed by atoms with Crippen molar-refractivity contribution in [2.45, 2.75) is 6.92 Å². The minimum Gasteiger partial charge on any atom is -0.463 e. The van der Waals surface area contributed by atoms with Crippen molar-refractivity contribution in [2.24, 2.45) is 4.99 Å². The third-order valence-electron chi connectivity index (χ3n) is 4.32. The maximum absolute atomic E-state index is 12.2. The number of fused-ring (bicyclic) bond motifs is 1. The van der Waals surface area contributed by atoms with Gasteiger partial charge in [-0.05, 0) is 25.1 Å². The molecule has 0 radical (unpaired) electrons. The quantitative estimate of drug-likeness (QED) is 0.483. The minimum atomic E-state index is -0.357. The number of rotatable bonds is 3. The number of hydrogen-bond acceptors (Lipinski definition) is 8. The standard InChI is InChI=1S/C14H15N5O2S.C6H4BrF/c1-2-21-14(20)10-7-17-12(13-16-3-6-22-13)19-5-4-18(9-15)8-11(10)19;7-5-2-1-3-6(8)4-5/h3,6H,2,4-5,7-8H2,1H3;1-4H. The van der Waals surface area contributed by atoms with Crippen LogP contribution in [-0.2, 0) is 9.53 Å². The summed E-state index contributed by atoms with van der Waals surface area (Å²) in [5.74, 6) is 0.208. The second-order valence-corrected chi connectivity index (χ2v) is 8.05. The lowest BCUT2D eigenvalue weighted by Gasteiger charge is -2.38. The SMILES string of the molecule is CCOC(=O)C1=C2CN(C#N)CCN2C(c2nccs2)=NC1.Fc1cccc(Br)c1. The monoisotopic (exact) mass is 491 g/mol. The molecule has 0 aliphatic carbocycles. The van der Waals surface area contributed by atoms with E-state index in [1.165, 1.54) is 23.5 Å². The Labute approximate surface area is 186 Å². The van der Waals surface area contributed by atoms with Crippen molar-refractivity contribution in [1.29, 1.82) is 5.26 Å². The molecule has 3 heterocycles. The second kappa shape index (κ2) is 10.3. The van der Waals surface area contributed by atoms with Crippen molar-refractivity contribution < 1.29 is 13.9 Å². The van der Waals surface area contributed by atoms with E-state index in [9.17, 15) is 9.18 Å². The maximum atomic E-state index is 12.2. The first-order valence-corrected chi connectivity index (χ1v) is 10.9. The topological polar surface area (TPSA) is 81.8 Å². The van der Waals surface area contributed by atoms with Crippen LogP contribution in [0.4, 0.5) is 4.39 Å². The van der Waals surface area contributed by atoms with Crippen molar-refractivity contribution in [3.05, 3.63) is 62.4 Å². The number of nitrogens with zero attached hydrogens (tertiary/aromatic N) is 5. The second-order valence-electron chi connectivity index (χ2n) is 6.24. The van der Waals surface area contributed by atoms with Gasteiger partial charge in [-0.15, -0.1) is 11.3 Å². The number of benzene rings is 1. The number of carbonyl (C=O) groups is 1. The number of aliphatic imine (C=N–C) groups is 1. The van der Waals surface area contributed by atoms with Gasteiger partial charge in [0.1, 0.15) is 5.82 Å². The van der Waals surface area contributed by atoms with Crippen LogP contribution in [0, 0.1) is 17.3 Å². The third kappa shape index (κ3) is 5.23. The Bertz CT molecular complexity index is 986. The van der Waals surface area contributed by atoms with Crippen LogP contribution in [0.2, 0.25) is 0 Å². The fourth-order valence-electron chi connectivity index (χ4n) is 2.99. The Morgan fingerprint density at radius 3 is 2.87 bits per heavy atom. The Hall–Kier alpha value is -2.77. The third-order valence-corrected chi connectivity index (χ3v) is 5.59. The number of ether oxygens (including phenoxy) is 1. The lowest BCUT2D eigenvalue weighted by molar-refractivity contribution is -0.138. The molecular formula is C20H19BrFN5O2S. The van der Waals surface area contributed by atoms with Gasteiger partial charge in [-0.3, -0.25) is 4.99 Å². The van der Waals surface area contributed by atoms with Gasteiger partial charge < -0.3 is 14.5 Å². The highest BCUT2D eigenvalue weighted by atomic mass is 79.9. The molecule has 0 N–H and O–H groups in total. The zero-order valence-electron chi connectivity index (χ0n) is 16.2. The fourth-order valence-corrected chi connectivity index (χ4v) is 4.01. The molecule has 1 fully saturated rings. The van der Waals surface area contributed by atoms with Crippen LogP contribution in [0.25, 0.3) is 0 Å². The van der Waals surface area contributed by atoms with E-state index in [0.717, 1.165) is 21.0 Å². The molecule has 1 aromatic heterocycles. The molecule has 7 nitrogen and oxygen atoms in total. The summed E-state index contributed by atoms with van der Waals surface area (Å²) in [4.78, 5) is 24.6. The number of esters is 1. The van der Waals surface area contributed by atoms with E-state index in [1.807, 2.05) is 10.3 Å². The number of hydrogen-bond donors (Lipinski definition) is 0. The van der Waals surface area contributed by atoms with Gasteiger partial charge in [0.25, 0.3) is 0 Å². The van der Waals surface area contributed by atoms with Gasteiger partial charge in [-0.2, -0.15) is 5.26 Å². The van der Waals surface area contributed by atoms with Gasteiger partial charge in [-0.1, -0.05) is 22.0 Å². The molecule has 0 spiro atoms. The van der Waals surface area contributed by atoms with Crippen LogP contribution in [0.3, 0.4) is 0 Å². The predicted octanol–water partition coefficient (Wildman–Crippen LogP) is 3.41. The smallest absolute Gasteiger partial charge is 0.337 e. The van der Waals surface area contributed by atoms with Gasteiger partial charge in [0.05, 0.1) is 31.0 Å². The van der Waals surface area contributed by atoms with Gasteiger partial charge in [0.15, 0.2) is 17.0 Å². The molecule has 2 aromatic rings. The Kier molecular flexibility index (Phi) is 7.54. The number of nitriles is 1. The fraction of sp³-hybridized carbons (Fsp3) is 0.300. The van der Waals surface area contributed by atoms with Crippen LogP contribution < -0.4 is 0 Å². The molecule has 10 heteroatoms. The Morgan fingerprint density at radius 1 is 1.43 bits per heavy atom. The van der Waals surface area contributed by atoms with Crippen molar-refractivity contribution >= 4 is 39.1 Å². The molecule has 0 bridgehead atoms. The summed E-state index contributed by atoms with van der Waals surface area (Å²) in [5, 5.41) is 11.9. The van der Waals surface area contributed by atoms with Crippen molar-refractivity contribution in [1.82, 2.24) is 14.8 Å². The number of aromatic nitrogens is 1. The zero-order chi connectivity index (χ0) is 21.5. The van der Waals surface area contributed by atoms with Gasteiger partial charge in [0.2, 0.25) is 0 Å². The molecule has 1 saturated heterocycles. The van der Waals surface area contributed by atoms with E-state index >= 15 is 0 Å². The van der Waals surface area contributed by atoms with Crippen LogP contribution in [-0.4, -0.2) is 59.4 Å². The van der Waals surface area contributed by atoms with Gasteiger partial charge in [-0.25, -0.2) is 14.2 Å². The van der Waals surface area contributed by atoms with Crippen LogP contribution in [0.5, 0.6) is 0 Å².